The number of nitrogens with zero attached hydrogens (tertiary/aromatic N) is 1. The first-order valence-electron chi connectivity index (χ1n) is 12.0. The van der Waals surface area contributed by atoms with Crippen LogP contribution in [0.1, 0.15) is 49.7 Å². The summed E-state index contributed by atoms with van der Waals surface area (Å²) in [6, 6.07) is 2.71. The topological polar surface area (TPSA) is 129 Å². The molecule has 1 saturated carbocycles. The van der Waals surface area contributed by atoms with Crippen molar-refractivity contribution >= 4 is 11.8 Å². The summed E-state index contributed by atoms with van der Waals surface area (Å²) in [6.45, 7) is 2.12. The van der Waals surface area contributed by atoms with Gasteiger partial charge in [0, 0.05) is 30.6 Å². The summed E-state index contributed by atoms with van der Waals surface area (Å²) in [5.74, 6) is 0.179. The molecule has 2 aliphatic carbocycles. The van der Waals surface area contributed by atoms with Gasteiger partial charge in [-0.05, 0) is 49.0 Å². The standard InChI is InChI=1S/C25H34N2O7/c1-3-4-20(30)27(12-14-5-6-14)18-11-17(25(32)26-7-8-28)21-16-9-15(13-29)10-19(33-2)23(16)34-24(21)22(18)31/h9-11,14,18,21-22,24,28-29,31H,3-8,12-13H2,1-2H3,(H,26,32)/t18-,21+,22+,24+/m1/s1. The third-order valence-corrected chi connectivity index (χ3v) is 6.79. The highest BCUT2D eigenvalue weighted by atomic mass is 16.5. The zero-order valence-electron chi connectivity index (χ0n) is 19.7. The molecule has 0 saturated heterocycles. The molecule has 2 amide bonds. The van der Waals surface area contributed by atoms with E-state index in [-0.39, 0.29) is 31.6 Å². The predicted octanol–water partition coefficient (Wildman–Crippen LogP) is 0.849. The Morgan fingerprint density at radius 2 is 2.03 bits per heavy atom. The van der Waals surface area contributed by atoms with Crippen molar-refractivity contribution in [3.8, 4) is 11.5 Å². The summed E-state index contributed by atoms with van der Waals surface area (Å²) in [7, 11) is 1.49. The molecule has 1 heterocycles. The van der Waals surface area contributed by atoms with Gasteiger partial charge in [-0.3, -0.25) is 9.59 Å². The van der Waals surface area contributed by atoms with Gasteiger partial charge in [0.2, 0.25) is 11.8 Å². The minimum Gasteiger partial charge on any atom is -0.493 e. The van der Waals surface area contributed by atoms with Crippen molar-refractivity contribution in [1.29, 1.82) is 0 Å². The van der Waals surface area contributed by atoms with E-state index in [9.17, 15) is 24.9 Å². The first-order chi connectivity index (χ1) is 16.4. The summed E-state index contributed by atoms with van der Waals surface area (Å²) in [4.78, 5) is 28.0. The highest BCUT2D eigenvalue weighted by molar-refractivity contribution is 5.96. The smallest absolute Gasteiger partial charge is 0.247 e. The van der Waals surface area contributed by atoms with Crippen LogP contribution in [0.3, 0.4) is 0 Å². The average Bonchev–Trinajstić information content (AvgIpc) is 3.58. The van der Waals surface area contributed by atoms with E-state index in [0.29, 0.717) is 53.5 Å². The molecule has 1 fully saturated rings. The van der Waals surface area contributed by atoms with Crippen LogP contribution in [0.2, 0.25) is 0 Å². The maximum Gasteiger partial charge on any atom is 0.247 e. The molecule has 3 aliphatic rings. The lowest BCUT2D eigenvalue weighted by molar-refractivity contribution is -0.137. The summed E-state index contributed by atoms with van der Waals surface area (Å²) >= 11 is 0. The summed E-state index contributed by atoms with van der Waals surface area (Å²) in [5.41, 5.74) is 1.61. The quantitative estimate of drug-likeness (QED) is 0.396. The number of rotatable bonds is 10. The Morgan fingerprint density at radius 3 is 2.65 bits per heavy atom. The molecule has 0 aromatic heterocycles. The summed E-state index contributed by atoms with van der Waals surface area (Å²) < 4.78 is 11.7. The van der Waals surface area contributed by atoms with Crippen LogP contribution in [-0.4, -0.2) is 77.1 Å². The Balaban J connectivity index is 1.78. The number of methoxy groups -OCH3 is 1. The summed E-state index contributed by atoms with van der Waals surface area (Å²) in [6.07, 6.45) is 2.95. The molecule has 4 N–H and O–H groups in total. The molecule has 0 radical (unpaired) electrons. The number of ether oxygens (including phenoxy) is 2. The second-order valence-electron chi connectivity index (χ2n) is 9.26. The van der Waals surface area contributed by atoms with Gasteiger partial charge < -0.3 is 35.0 Å². The van der Waals surface area contributed by atoms with Crippen molar-refractivity contribution in [3.05, 3.63) is 34.9 Å². The predicted molar refractivity (Wildman–Crippen MR) is 123 cm³/mol. The van der Waals surface area contributed by atoms with Gasteiger partial charge in [-0.1, -0.05) is 6.92 Å². The van der Waals surface area contributed by atoms with Gasteiger partial charge in [0.05, 0.1) is 32.3 Å². The van der Waals surface area contributed by atoms with E-state index in [4.69, 9.17) is 9.47 Å². The van der Waals surface area contributed by atoms with E-state index in [2.05, 4.69) is 5.32 Å². The fourth-order valence-electron chi connectivity index (χ4n) is 4.94. The third kappa shape index (κ3) is 4.64. The first kappa shape index (κ1) is 24.5. The first-order valence-corrected chi connectivity index (χ1v) is 12.0. The molecule has 186 valence electrons. The maximum absolute atomic E-state index is 13.2. The Hall–Kier alpha value is -2.62. The van der Waals surface area contributed by atoms with Crippen LogP contribution in [0.5, 0.6) is 11.5 Å². The van der Waals surface area contributed by atoms with E-state index in [0.717, 1.165) is 12.8 Å². The van der Waals surface area contributed by atoms with E-state index in [1.165, 1.54) is 7.11 Å². The molecule has 4 atom stereocenters. The largest absolute Gasteiger partial charge is 0.493 e. The Kier molecular flexibility index (Phi) is 7.45. The number of hydrogen-bond acceptors (Lipinski definition) is 7. The molecule has 4 rings (SSSR count). The lowest BCUT2D eigenvalue weighted by Gasteiger charge is -2.41. The van der Waals surface area contributed by atoms with Gasteiger partial charge in [-0.15, -0.1) is 0 Å². The number of benzene rings is 1. The second kappa shape index (κ2) is 10.3. The normalized spacial score (nSPS) is 25.0. The van der Waals surface area contributed by atoms with Gasteiger partial charge in [0.1, 0.15) is 12.2 Å². The molecule has 1 aromatic rings. The van der Waals surface area contributed by atoms with E-state index < -0.39 is 24.2 Å². The average molecular weight is 475 g/mol. The Labute approximate surface area is 199 Å². The van der Waals surface area contributed by atoms with Crippen LogP contribution in [0.4, 0.5) is 0 Å². The second-order valence-corrected chi connectivity index (χ2v) is 9.26. The lowest BCUT2D eigenvalue weighted by Crippen LogP contribution is -2.56. The highest BCUT2D eigenvalue weighted by Crippen LogP contribution is 2.51. The van der Waals surface area contributed by atoms with Crippen molar-refractivity contribution in [3.63, 3.8) is 0 Å². The fraction of sp³-hybridized carbons (Fsp3) is 0.600. The van der Waals surface area contributed by atoms with Crippen LogP contribution in [0.15, 0.2) is 23.8 Å². The van der Waals surface area contributed by atoms with Crippen molar-refractivity contribution in [2.24, 2.45) is 5.92 Å². The van der Waals surface area contributed by atoms with Crippen LogP contribution in [0.25, 0.3) is 0 Å². The molecule has 9 heteroatoms. The molecule has 0 unspecified atom stereocenters. The number of carbonyl (C=O) groups is 2. The zero-order valence-corrected chi connectivity index (χ0v) is 19.7. The molecule has 9 nitrogen and oxygen atoms in total. The van der Waals surface area contributed by atoms with E-state index in [1.54, 1.807) is 23.1 Å². The minimum atomic E-state index is -1.06. The summed E-state index contributed by atoms with van der Waals surface area (Å²) in [5, 5.41) is 33.1. The third-order valence-electron chi connectivity index (χ3n) is 6.79. The van der Waals surface area contributed by atoms with Crippen LogP contribution >= 0.6 is 0 Å². The van der Waals surface area contributed by atoms with Gasteiger partial charge in [0.15, 0.2) is 11.5 Å². The SMILES string of the molecule is CCCC(=O)N(CC1CC1)[C@@H]1C=C(C(=O)NCCO)[C@@H]2c3cc(CO)cc(OC)c3O[C@@H]2[C@H]1O. The Bertz CT molecular complexity index is 959. The molecule has 0 bridgehead atoms. The molecule has 34 heavy (non-hydrogen) atoms. The van der Waals surface area contributed by atoms with Gasteiger partial charge in [-0.25, -0.2) is 0 Å². The number of aliphatic hydroxyl groups is 3. The number of fused-ring (bicyclic) bond motifs is 3. The molecular weight excluding hydrogens is 440 g/mol. The Morgan fingerprint density at radius 1 is 1.26 bits per heavy atom. The molecular formula is C25H34N2O7. The number of amides is 2. The maximum atomic E-state index is 13.2. The highest BCUT2D eigenvalue weighted by Gasteiger charge is 2.51. The van der Waals surface area contributed by atoms with E-state index >= 15 is 0 Å². The molecule has 0 spiro atoms. The van der Waals surface area contributed by atoms with Crippen molar-refractivity contribution in [2.75, 3.05) is 26.8 Å². The number of aliphatic hydroxyl groups excluding tert-OH is 3. The van der Waals surface area contributed by atoms with Crippen molar-refractivity contribution in [2.45, 2.75) is 63.4 Å². The fourth-order valence-corrected chi connectivity index (χ4v) is 4.94. The van der Waals surface area contributed by atoms with Gasteiger partial charge in [-0.2, -0.15) is 0 Å². The van der Waals surface area contributed by atoms with Crippen LogP contribution in [0, 0.1) is 5.92 Å². The zero-order chi connectivity index (χ0) is 24.4. The number of hydrogen-bond donors (Lipinski definition) is 4. The molecule has 1 aromatic carbocycles. The van der Waals surface area contributed by atoms with E-state index in [1.807, 2.05) is 6.92 Å². The van der Waals surface area contributed by atoms with Crippen molar-refractivity contribution in [1.82, 2.24) is 10.2 Å². The molecule has 1 aliphatic heterocycles. The number of carbonyl (C=O) groups excluding carboxylic acids is 2. The van der Waals surface area contributed by atoms with Crippen LogP contribution in [-0.2, 0) is 16.2 Å². The monoisotopic (exact) mass is 474 g/mol. The van der Waals surface area contributed by atoms with Crippen LogP contribution < -0.4 is 14.8 Å². The number of nitrogens with one attached hydrogen (secondary N) is 1. The van der Waals surface area contributed by atoms with Gasteiger partial charge in [0.25, 0.3) is 0 Å². The van der Waals surface area contributed by atoms with Crippen molar-refractivity contribution < 1.29 is 34.4 Å². The lowest BCUT2D eigenvalue weighted by atomic mass is 9.77. The minimum absolute atomic E-state index is 0.0566. The van der Waals surface area contributed by atoms with Gasteiger partial charge >= 0.3 is 0 Å².